The molecule has 1 aromatic rings. The highest BCUT2D eigenvalue weighted by atomic mass is 79.9. The fourth-order valence-electron chi connectivity index (χ4n) is 1.56. The van der Waals surface area contributed by atoms with E-state index in [2.05, 4.69) is 26.0 Å². The number of benzene rings is 1. The molecule has 1 heterocycles. The number of amides is 1. The molecule has 1 aliphatic heterocycles. The standard InChI is InChI=1S/C9H7BrN2O5.ClH/c10-4-1-5(6-3-17-9(14)11-6)8(13)7(2-4)12(15)16;/h1-2,6,13H,3H2,(H,11,14);1H/t6-;/m0./s1. The van der Waals surface area contributed by atoms with E-state index >= 15 is 0 Å². The van der Waals surface area contributed by atoms with Crippen molar-refractivity contribution in [1.29, 1.82) is 0 Å². The summed E-state index contributed by atoms with van der Waals surface area (Å²) in [6, 6.07) is 2.11. The molecule has 98 valence electrons. The summed E-state index contributed by atoms with van der Waals surface area (Å²) < 4.78 is 5.11. The molecule has 1 saturated heterocycles. The van der Waals surface area contributed by atoms with Gasteiger partial charge in [0.1, 0.15) is 6.61 Å². The predicted octanol–water partition coefficient (Wildman–Crippen LogP) is 2.27. The molecule has 0 unspecified atom stereocenters. The summed E-state index contributed by atoms with van der Waals surface area (Å²) in [5, 5.41) is 22.9. The number of nitro groups is 1. The third kappa shape index (κ3) is 2.65. The quantitative estimate of drug-likeness (QED) is 0.635. The number of nitro benzene ring substituents is 1. The Morgan fingerprint density at radius 1 is 1.56 bits per heavy atom. The number of nitrogens with zero attached hydrogens (tertiary/aromatic N) is 1. The maximum atomic E-state index is 10.9. The third-order valence-electron chi connectivity index (χ3n) is 2.33. The van der Waals surface area contributed by atoms with Gasteiger partial charge >= 0.3 is 11.8 Å². The Morgan fingerprint density at radius 2 is 2.22 bits per heavy atom. The highest BCUT2D eigenvalue weighted by Crippen LogP contribution is 2.37. The van der Waals surface area contributed by atoms with Crippen LogP contribution < -0.4 is 5.32 Å². The molecule has 7 nitrogen and oxygen atoms in total. The summed E-state index contributed by atoms with van der Waals surface area (Å²) in [7, 11) is 0. The summed E-state index contributed by atoms with van der Waals surface area (Å²) >= 11 is 3.11. The van der Waals surface area contributed by atoms with E-state index in [0.29, 0.717) is 4.47 Å². The molecule has 0 saturated carbocycles. The summed E-state index contributed by atoms with van der Waals surface area (Å²) in [6.07, 6.45) is -0.614. The molecule has 0 aliphatic carbocycles. The first kappa shape index (κ1) is 14.5. The fraction of sp³-hybridized carbons (Fsp3) is 0.222. The van der Waals surface area contributed by atoms with Crippen LogP contribution in [-0.2, 0) is 4.74 Å². The van der Waals surface area contributed by atoms with Crippen molar-refractivity contribution in [1.82, 2.24) is 5.32 Å². The van der Waals surface area contributed by atoms with Crippen LogP contribution in [0.3, 0.4) is 0 Å². The third-order valence-corrected chi connectivity index (χ3v) is 2.79. The number of halogens is 2. The SMILES string of the molecule is Cl.O=C1N[C@H](c2cc(Br)cc([N+](=O)[O-])c2O)CO1. The molecule has 1 fully saturated rings. The van der Waals surface area contributed by atoms with Crippen LogP contribution in [0.2, 0.25) is 0 Å². The molecular formula is C9H8BrClN2O5. The van der Waals surface area contributed by atoms with E-state index in [9.17, 15) is 20.0 Å². The normalized spacial score (nSPS) is 17.6. The summed E-state index contributed by atoms with van der Waals surface area (Å²) in [6.45, 7) is 0.0278. The molecule has 1 aliphatic rings. The molecule has 2 rings (SSSR count). The maximum absolute atomic E-state index is 10.9. The topological polar surface area (TPSA) is 102 Å². The number of ether oxygens (including phenoxy) is 1. The summed E-state index contributed by atoms with van der Waals surface area (Å²) in [5.41, 5.74) is -0.174. The number of cyclic esters (lactones) is 1. The number of carbonyl (C=O) groups excluding carboxylic acids is 1. The van der Waals surface area contributed by atoms with Gasteiger partial charge in [0.15, 0.2) is 5.75 Å². The highest BCUT2D eigenvalue weighted by molar-refractivity contribution is 9.10. The molecule has 0 bridgehead atoms. The number of hydrogen-bond donors (Lipinski definition) is 2. The molecule has 1 amide bonds. The van der Waals surface area contributed by atoms with Crippen molar-refractivity contribution < 1.29 is 19.6 Å². The van der Waals surface area contributed by atoms with Gasteiger partial charge in [-0.3, -0.25) is 10.1 Å². The van der Waals surface area contributed by atoms with Gasteiger partial charge in [-0.2, -0.15) is 0 Å². The van der Waals surface area contributed by atoms with Gasteiger partial charge in [0.25, 0.3) is 0 Å². The van der Waals surface area contributed by atoms with Crippen LogP contribution in [0.4, 0.5) is 10.5 Å². The zero-order valence-electron chi connectivity index (χ0n) is 8.75. The minimum atomic E-state index is -0.693. The van der Waals surface area contributed by atoms with Crippen LogP contribution in [0.15, 0.2) is 16.6 Å². The monoisotopic (exact) mass is 338 g/mol. The molecule has 0 radical (unpaired) electrons. The largest absolute Gasteiger partial charge is 0.502 e. The van der Waals surface area contributed by atoms with Crippen molar-refractivity contribution >= 4 is 40.1 Å². The number of rotatable bonds is 2. The Labute approximate surface area is 116 Å². The first-order valence-electron chi connectivity index (χ1n) is 4.59. The first-order valence-corrected chi connectivity index (χ1v) is 5.38. The van der Waals surface area contributed by atoms with Crippen LogP contribution in [0, 0.1) is 10.1 Å². The molecule has 0 spiro atoms. The molecule has 1 aromatic carbocycles. The lowest BCUT2D eigenvalue weighted by atomic mass is 10.1. The fourth-order valence-corrected chi connectivity index (χ4v) is 2.03. The van der Waals surface area contributed by atoms with Crippen molar-refractivity contribution in [3.8, 4) is 5.75 Å². The van der Waals surface area contributed by atoms with Gasteiger partial charge in [-0.15, -0.1) is 12.4 Å². The molecular weight excluding hydrogens is 331 g/mol. The Bertz CT molecular complexity index is 510. The number of carbonyl (C=O) groups is 1. The number of phenols is 1. The molecule has 0 aromatic heterocycles. The second-order valence-corrected chi connectivity index (χ2v) is 4.33. The number of aromatic hydroxyl groups is 1. The minimum absolute atomic E-state index is 0. The number of nitrogens with one attached hydrogen (secondary N) is 1. The molecule has 2 N–H and O–H groups in total. The maximum Gasteiger partial charge on any atom is 0.407 e. The lowest BCUT2D eigenvalue weighted by Gasteiger charge is -2.10. The molecule has 1 atom stereocenters. The van der Waals surface area contributed by atoms with Crippen LogP contribution in [0.25, 0.3) is 0 Å². The van der Waals surface area contributed by atoms with Crippen LogP contribution in [0.5, 0.6) is 5.75 Å². The van der Waals surface area contributed by atoms with Gasteiger partial charge in [-0.05, 0) is 6.07 Å². The van der Waals surface area contributed by atoms with E-state index in [1.165, 1.54) is 12.1 Å². The van der Waals surface area contributed by atoms with E-state index in [-0.39, 0.29) is 24.6 Å². The predicted molar refractivity (Wildman–Crippen MR) is 66.9 cm³/mol. The van der Waals surface area contributed by atoms with E-state index in [1.54, 1.807) is 0 Å². The second kappa shape index (κ2) is 5.40. The summed E-state index contributed by atoms with van der Waals surface area (Å²) in [4.78, 5) is 20.9. The van der Waals surface area contributed by atoms with Crippen LogP contribution >= 0.6 is 28.3 Å². The first-order chi connectivity index (χ1) is 7.99. The van der Waals surface area contributed by atoms with Crippen molar-refractivity contribution in [3.63, 3.8) is 0 Å². The molecule has 9 heteroatoms. The Kier molecular flexibility index (Phi) is 4.36. The Balaban J connectivity index is 0.00000162. The smallest absolute Gasteiger partial charge is 0.407 e. The Hall–Kier alpha value is -1.54. The number of alkyl carbamates (subject to hydrolysis) is 1. The van der Waals surface area contributed by atoms with Crippen molar-refractivity contribution in [2.75, 3.05) is 6.61 Å². The van der Waals surface area contributed by atoms with E-state index in [1.807, 2.05) is 0 Å². The zero-order chi connectivity index (χ0) is 12.6. The van der Waals surface area contributed by atoms with Gasteiger partial charge in [0.2, 0.25) is 0 Å². The van der Waals surface area contributed by atoms with Gasteiger partial charge in [-0.25, -0.2) is 4.79 Å². The van der Waals surface area contributed by atoms with E-state index in [0.717, 1.165) is 0 Å². The second-order valence-electron chi connectivity index (χ2n) is 3.42. The van der Waals surface area contributed by atoms with E-state index in [4.69, 9.17) is 0 Å². The zero-order valence-corrected chi connectivity index (χ0v) is 11.2. The van der Waals surface area contributed by atoms with Gasteiger partial charge in [-0.1, -0.05) is 15.9 Å². The average molecular weight is 340 g/mol. The lowest BCUT2D eigenvalue weighted by molar-refractivity contribution is -0.386. The number of hydrogen-bond acceptors (Lipinski definition) is 5. The van der Waals surface area contributed by atoms with Gasteiger partial charge in [0.05, 0.1) is 11.0 Å². The van der Waals surface area contributed by atoms with Crippen molar-refractivity contribution in [2.45, 2.75) is 6.04 Å². The average Bonchev–Trinajstić information content (AvgIpc) is 2.67. The summed E-state index contributed by atoms with van der Waals surface area (Å²) in [5.74, 6) is -0.464. The van der Waals surface area contributed by atoms with Gasteiger partial charge < -0.3 is 15.2 Å². The lowest BCUT2D eigenvalue weighted by Crippen LogP contribution is -2.18. The van der Waals surface area contributed by atoms with Crippen molar-refractivity contribution in [2.24, 2.45) is 0 Å². The highest BCUT2D eigenvalue weighted by Gasteiger charge is 2.30. The van der Waals surface area contributed by atoms with Gasteiger partial charge in [0, 0.05) is 16.1 Å². The van der Waals surface area contributed by atoms with Crippen LogP contribution in [0.1, 0.15) is 11.6 Å². The van der Waals surface area contributed by atoms with Crippen molar-refractivity contribution in [3.05, 3.63) is 32.3 Å². The van der Waals surface area contributed by atoms with E-state index < -0.39 is 28.5 Å². The Morgan fingerprint density at radius 3 is 2.72 bits per heavy atom. The molecule has 18 heavy (non-hydrogen) atoms. The number of phenolic OH excluding ortho intramolecular Hbond substituents is 1. The van der Waals surface area contributed by atoms with Crippen LogP contribution in [-0.4, -0.2) is 22.7 Å². The minimum Gasteiger partial charge on any atom is -0.502 e.